The number of methoxy groups -OCH3 is 1. The molecule has 5 heteroatoms. The first-order valence-electron chi connectivity index (χ1n) is 6.01. The van der Waals surface area contributed by atoms with Gasteiger partial charge in [0.1, 0.15) is 5.75 Å². The van der Waals surface area contributed by atoms with Gasteiger partial charge in [-0.3, -0.25) is 0 Å². The predicted octanol–water partition coefficient (Wildman–Crippen LogP) is 2.26. The largest absolute Gasteiger partial charge is 0.497 e. The van der Waals surface area contributed by atoms with Gasteiger partial charge in [-0.05, 0) is 37.1 Å². The molecule has 1 fully saturated rings. The van der Waals surface area contributed by atoms with E-state index in [1.165, 1.54) is 0 Å². The van der Waals surface area contributed by atoms with E-state index in [9.17, 15) is 8.78 Å². The van der Waals surface area contributed by atoms with Crippen LogP contribution in [0.15, 0.2) is 24.3 Å². The zero-order chi connectivity index (χ0) is 13.2. The van der Waals surface area contributed by atoms with Gasteiger partial charge in [-0.2, -0.15) is 0 Å². The lowest BCUT2D eigenvalue weighted by molar-refractivity contribution is 0.0391. The Morgan fingerprint density at radius 3 is 2.22 bits per heavy atom. The molecule has 18 heavy (non-hydrogen) atoms. The second kappa shape index (κ2) is 5.10. The Morgan fingerprint density at radius 2 is 1.78 bits per heavy atom. The zero-order valence-electron chi connectivity index (χ0n) is 10.4. The molecule has 1 aliphatic rings. The molecule has 1 aliphatic heterocycles. The van der Waals surface area contributed by atoms with Crippen molar-refractivity contribution in [3.05, 3.63) is 24.3 Å². The van der Waals surface area contributed by atoms with E-state index < -0.39 is 12.0 Å². The number of hydrogen-bond donors (Lipinski definition) is 1. The summed E-state index contributed by atoms with van der Waals surface area (Å²) in [7, 11) is 1.61. The maximum Gasteiger partial charge on any atom is 0.256 e. The molecule has 1 saturated heterocycles. The van der Waals surface area contributed by atoms with Crippen LogP contribution < -0.4 is 15.4 Å². The highest BCUT2D eigenvalue weighted by atomic mass is 19.3. The predicted molar refractivity (Wildman–Crippen MR) is 67.4 cm³/mol. The normalized spacial score (nSPS) is 19.1. The lowest BCUT2D eigenvalue weighted by atomic mass is 9.89. The third-order valence-corrected chi connectivity index (χ3v) is 3.57. The van der Waals surface area contributed by atoms with Gasteiger partial charge in [0.05, 0.1) is 12.6 Å². The molecule has 1 heterocycles. The summed E-state index contributed by atoms with van der Waals surface area (Å²) in [5.41, 5.74) is 5.40. The van der Waals surface area contributed by atoms with Crippen LogP contribution in [0.5, 0.6) is 5.75 Å². The smallest absolute Gasteiger partial charge is 0.256 e. The molecule has 2 rings (SSSR count). The minimum Gasteiger partial charge on any atom is -0.497 e. The van der Waals surface area contributed by atoms with Gasteiger partial charge in [-0.15, -0.1) is 0 Å². The number of halogens is 2. The van der Waals surface area contributed by atoms with Crippen molar-refractivity contribution >= 4 is 5.69 Å². The van der Waals surface area contributed by atoms with Gasteiger partial charge in [-0.25, -0.2) is 8.78 Å². The third-order valence-electron chi connectivity index (χ3n) is 3.57. The van der Waals surface area contributed by atoms with Crippen molar-refractivity contribution in [2.45, 2.75) is 24.8 Å². The second-order valence-corrected chi connectivity index (χ2v) is 4.72. The number of benzene rings is 1. The molecule has 3 nitrogen and oxygen atoms in total. The Balaban J connectivity index is 2.00. The summed E-state index contributed by atoms with van der Waals surface area (Å²) < 4.78 is 30.6. The van der Waals surface area contributed by atoms with Crippen molar-refractivity contribution in [1.82, 2.24) is 0 Å². The number of nitrogens with two attached hydrogens (primary N) is 1. The van der Waals surface area contributed by atoms with Gasteiger partial charge in [0.15, 0.2) is 0 Å². The summed E-state index contributed by atoms with van der Waals surface area (Å²) in [4.78, 5) is 2.08. The van der Waals surface area contributed by atoms with E-state index in [2.05, 4.69) is 4.90 Å². The van der Waals surface area contributed by atoms with Gasteiger partial charge >= 0.3 is 0 Å². The van der Waals surface area contributed by atoms with E-state index in [1.807, 2.05) is 24.3 Å². The van der Waals surface area contributed by atoms with Crippen molar-refractivity contribution in [2.75, 3.05) is 25.1 Å². The van der Waals surface area contributed by atoms with Crippen LogP contribution in [0.2, 0.25) is 0 Å². The molecule has 0 aliphatic carbocycles. The lowest BCUT2D eigenvalue weighted by Crippen LogP contribution is -2.55. The molecule has 0 atom stereocenters. The molecular formula is C13H18F2N2O. The first kappa shape index (κ1) is 13.1. The SMILES string of the molecule is COc1ccc(N2CCC(N)(C(F)F)CC2)cc1. The average Bonchev–Trinajstić information content (AvgIpc) is 2.40. The van der Waals surface area contributed by atoms with Crippen LogP contribution in [0.4, 0.5) is 14.5 Å². The minimum atomic E-state index is -2.45. The van der Waals surface area contributed by atoms with Gasteiger partial charge in [0, 0.05) is 18.8 Å². The van der Waals surface area contributed by atoms with Crippen molar-refractivity contribution in [1.29, 1.82) is 0 Å². The minimum absolute atomic E-state index is 0.316. The molecule has 0 unspecified atom stereocenters. The Labute approximate surface area is 106 Å². The van der Waals surface area contributed by atoms with E-state index in [0.29, 0.717) is 25.9 Å². The maximum atomic E-state index is 12.8. The number of piperidine rings is 1. The molecule has 0 spiro atoms. The quantitative estimate of drug-likeness (QED) is 0.901. The lowest BCUT2D eigenvalue weighted by Gasteiger charge is -2.39. The Kier molecular flexibility index (Phi) is 3.71. The highest BCUT2D eigenvalue weighted by Gasteiger charge is 2.38. The van der Waals surface area contributed by atoms with E-state index in [1.54, 1.807) is 7.11 Å². The number of anilines is 1. The van der Waals surface area contributed by atoms with E-state index in [0.717, 1.165) is 11.4 Å². The van der Waals surface area contributed by atoms with Crippen LogP contribution in [-0.4, -0.2) is 32.2 Å². The fraction of sp³-hybridized carbons (Fsp3) is 0.538. The van der Waals surface area contributed by atoms with Crippen LogP contribution in [0.3, 0.4) is 0 Å². The molecule has 1 aromatic carbocycles. The highest BCUT2D eigenvalue weighted by Crippen LogP contribution is 2.29. The Morgan fingerprint density at radius 1 is 1.22 bits per heavy atom. The van der Waals surface area contributed by atoms with Gasteiger partial charge in [0.2, 0.25) is 0 Å². The monoisotopic (exact) mass is 256 g/mol. The summed E-state index contributed by atoms with van der Waals surface area (Å²) in [5, 5.41) is 0. The second-order valence-electron chi connectivity index (χ2n) is 4.72. The fourth-order valence-corrected chi connectivity index (χ4v) is 2.19. The number of alkyl halides is 2. The third kappa shape index (κ3) is 2.56. The van der Waals surface area contributed by atoms with Crippen molar-refractivity contribution in [2.24, 2.45) is 5.73 Å². The molecule has 0 bridgehead atoms. The standard InChI is InChI=1S/C13H18F2N2O/c1-18-11-4-2-10(3-5-11)17-8-6-13(16,7-9-17)12(14)15/h2-5,12H,6-9,16H2,1H3. The van der Waals surface area contributed by atoms with E-state index in [-0.39, 0.29) is 0 Å². The molecular weight excluding hydrogens is 238 g/mol. The number of ether oxygens (including phenoxy) is 1. The van der Waals surface area contributed by atoms with Crippen molar-refractivity contribution in [3.63, 3.8) is 0 Å². The summed E-state index contributed by atoms with van der Waals surface area (Å²) >= 11 is 0. The highest BCUT2D eigenvalue weighted by molar-refractivity contribution is 5.49. The topological polar surface area (TPSA) is 38.5 Å². The van der Waals surface area contributed by atoms with Crippen LogP contribution in [-0.2, 0) is 0 Å². The number of nitrogens with zero attached hydrogens (tertiary/aromatic N) is 1. The van der Waals surface area contributed by atoms with Crippen LogP contribution in [0.1, 0.15) is 12.8 Å². The summed E-state index contributed by atoms with van der Waals surface area (Å²) in [5.74, 6) is 0.788. The molecule has 2 N–H and O–H groups in total. The van der Waals surface area contributed by atoms with Crippen molar-refractivity contribution < 1.29 is 13.5 Å². The average molecular weight is 256 g/mol. The maximum absolute atomic E-state index is 12.8. The Bertz CT molecular complexity index is 386. The van der Waals surface area contributed by atoms with Crippen LogP contribution >= 0.6 is 0 Å². The molecule has 0 amide bonds. The summed E-state index contributed by atoms with van der Waals surface area (Å²) in [6.45, 7) is 1.13. The van der Waals surface area contributed by atoms with E-state index in [4.69, 9.17) is 10.5 Å². The first-order chi connectivity index (χ1) is 8.55. The fourth-order valence-electron chi connectivity index (χ4n) is 2.19. The molecule has 0 aromatic heterocycles. The van der Waals surface area contributed by atoms with Gasteiger partial charge < -0.3 is 15.4 Å². The van der Waals surface area contributed by atoms with Gasteiger partial charge in [0.25, 0.3) is 6.43 Å². The Hall–Kier alpha value is -1.36. The number of hydrogen-bond acceptors (Lipinski definition) is 3. The summed E-state index contributed by atoms with van der Waals surface area (Å²) in [6.07, 6.45) is -1.82. The molecule has 0 saturated carbocycles. The number of rotatable bonds is 3. The first-order valence-corrected chi connectivity index (χ1v) is 6.01. The van der Waals surface area contributed by atoms with Gasteiger partial charge in [-0.1, -0.05) is 0 Å². The summed E-state index contributed by atoms with van der Waals surface area (Å²) in [6, 6.07) is 7.61. The van der Waals surface area contributed by atoms with Crippen molar-refractivity contribution in [3.8, 4) is 5.75 Å². The van der Waals surface area contributed by atoms with Crippen LogP contribution in [0, 0.1) is 0 Å². The molecule has 1 aromatic rings. The molecule has 0 radical (unpaired) electrons. The zero-order valence-corrected chi connectivity index (χ0v) is 10.4. The molecule has 100 valence electrons. The van der Waals surface area contributed by atoms with Crippen LogP contribution in [0.25, 0.3) is 0 Å². The van der Waals surface area contributed by atoms with E-state index >= 15 is 0 Å².